The highest BCUT2D eigenvalue weighted by molar-refractivity contribution is 7.09. The van der Waals surface area contributed by atoms with Gasteiger partial charge in [-0.3, -0.25) is 0 Å². The average Bonchev–Trinajstić information content (AvgIpc) is 2.51. The molecule has 0 spiro atoms. The lowest BCUT2D eigenvalue weighted by Gasteiger charge is -2.01. The zero-order valence-corrected chi connectivity index (χ0v) is 9.62. The highest BCUT2D eigenvalue weighted by atomic mass is 35.5. The third kappa shape index (κ3) is 1.81. The Labute approximate surface area is 92.4 Å². The normalized spacial score (nSPS) is 10.5. The van der Waals surface area contributed by atoms with Gasteiger partial charge in [-0.05, 0) is 25.5 Å². The quantitative estimate of drug-likeness (QED) is 0.710. The highest BCUT2D eigenvalue weighted by Gasteiger charge is 2.06. The van der Waals surface area contributed by atoms with Crippen molar-refractivity contribution in [3.05, 3.63) is 39.2 Å². The SMILES string of the molecule is Cc1ccc(-c2csc(C)n2)c(Cl)c1. The molecule has 14 heavy (non-hydrogen) atoms. The third-order valence-electron chi connectivity index (χ3n) is 2.02. The van der Waals surface area contributed by atoms with E-state index in [1.54, 1.807) is 11.3 Å². The fraction of sp³-hybridized carbons (Fsp3) is 0.182. The van der Waals surface area contributed by atoms with E-state index >= 15 is 0 Å². The van der Waals surface area contributed by atoms with Crippen LogP contribution in [0.3, 0.4) is 0 Å². The van der Waals surface area contributed by atoms with Crippen LogP contribution in [-0.2, 0) is 0 Å². The van der Waals surface area contributed by atoms with Crippen molar-refractivity contribution in [2.75, 3.05) is 0 Å². The molecule has 0 saturated carbocycles. The summed E-state index contributed by atoms with van der Waals surface area (Å²) in [4.78, 5) is 4.41. The maximum atomic E-state index is 6.14. The smallest absolute Gasteiger partial charge is 0.0901 e. The number of nitrogens with zero attached hydrogens (tertiary/aromatic N) is 1. The number of aromatic nitrogens is 1. The fourth-order valence-corrected chi connectivity index (χ4v) is 2.26. The molecule has 1 aromatic carbocycles. The van der Waals surface area contributed by atoms with Gasteiger partial charge in [-0.1, -0.05) is 23.7 Å². The van der Waals surface area contributed by atoms with Gasteiger partial charge in [0, 0.05) is 10.9 Å². The van der Waals surface area contributed by atoms with Crippen LogP contribution in [0.25, 0.3) is 11.3 Å². The Morgan fingerprint density at radius 3 is 2.64 bits per heavy atom. The minimum absolute atomic E-state index is 0.773. The number of benzene rings is 1. The van der Waals surface area contributed by atoms with Crippen LogP contribution in [0, 0.1) is 13.8 Å². The standard InChI is InChI=1S/C11H10ClNS/c1-7-3-4-9(10(12)5-7)11-6-14-8(2)13-11/h3-6H,1-2H3. The molecule has 0 aliphatic rings. The monoisotopic (exact) mass is 223 g/mol. The Balaban J connectivity index is 2.52. The molecule has 0 amide bonds. The Hall–Kier alpha value is -0.860. The molecule has 1 aromatic heterocycles. The van der Waals surface area contributed by atoms with E-state index in [2.05, 4.69) is 11.1 Å². The number of rotatable bonds is 1. The van der Waals surface area contributed by atoms with E-state index in [9.17, 15) is 0 Å². The summed E-state index contributed by atoms with van der Waals surface area (Å²) in [5.41, 5.74) is 3.16. The molecule has 0 bridgehead atoms. The summed E-state index contributed by atoms with van der Waals surface area (Å²) in [5, 5.41) is 3.87. The molecule has 0 radical (unpaired) electrons. The van der Waals surface area contributed by atoms with Crippen LogP contribution in [0.5, 0.6) is 0 Å². The number of thiazole rings is 1. The minimum atomic E-state index is 0.773. The topological polar surface area (TPSA) is 12.9 Å². The first-order valence-corrected chi connectivity index (χ1v) is 5.61. The number of aryl methyl sites for hydroxylation is 2. The zero-order valence-electron chi connectivity index (χ0n) is 8.04. The van der Waals surface area contributed by atoms with Crippen LogP contribution in [0.2, 0.25) is 5.02 Å². The van der Waals surface area contributed by atoms with Gasteiger partial charge in [0.15, 0.2) is 0 Å². The summed E-state index contributed by atoms with van der Waals surface area (Å²) < 4.78 is 0. The van der Waals surface area contributed by atoms with E-state index in [0.29, 0.717) is 0 Å². The van der Waals surface area contributed by atoms with Crippen molar-refractivity contribution < 1.29 is 0 Å². The van der Waals surface area contributed by atoms with Gasteiger partial charge in [0.1, 0.15) is 0 Å². The molecule has 0 atom stereocenters. The summed E-state index contributed by atoms with van der Waals surface area (Å²) in [7, 11) is 0. The van der Waals surface area contributed by atoms with Crippen molar-refractivity contribution in [2.24, 2.45) is 0 Å². The molecule has 0 unspecified atom stereocenters. The Morgan fingerprint density at radius 2 is 2.07 bits per heavy atom. The predicted molar refractivity (Wildman–Crippen MR) is 62.0 cm³/mol. The molecule has 0 saturated heterocycles. The molecule has 0 aliphatic heterocycles. The van der Waals surface area contributed by atoms with Gasteiger partial charge in [-0.2, -0.15) is 0 Å². The van der Waals surface area contributed by atoms with Crippen LogP contribution in [-0.4, -0.2) is 4.98 Å². The molecule has 2 aromatic rings. The van der Waals surface area contributed by atoms with Crippen molar-refractivity contribution in [3.63, 3.8) is 0 Å². The third-order valence-corrected chi connectivity index (χ3v) is 3.11. The van der Waals surface area contributed by atoms with Gasteiger partial charge >= 0.3 is 0 Å². The van der Waals surface area contributed by atoms with E-state index in [1.165, 1.54) is 5.56 Å². The molecule has 1 nitrogen and oxygen atoms in total. The van der Waals surface area contributed by atoms with E-state index < -0.39 is 0 Å². The van der Waals surface area contributed by atoms with Crippen molar-refractivity contribution in [3.8, 4) is 11.3 Å². The number of halogens is 1. The average molecular weight is 224 g/mol. The van der Waals surface area contributed by atoms with Crippen molar-refractivity contribution in [1.82, 2.24) is 4.98 Å². The summed E-state index contributed by atoms with van der Waals surface area (Å²) in [6.45, 7) is 4.03. The molecule has 1 heterocycles. The molecule has 0 aliphatic carbocycles. The lowest BCUT2D eigenvalue weighted by molar-refractivity contribution is 1.29. The molecule has 72 valence electrons. The molecule has 0 N–H and O–H groups in total. The fourth-order valence-electron chi connectivity index (χ4n) is 1.31. The van der Waals surface area contributed by atoms with Gasteiger partial charge in [0.05, 0.1) is 15.7 Å². The van der Waals surface area contributed by atoms with E-state index in [-0.39, 0.29) is 0 Å². The van der Waals surface area contributed by atoms with Crippen molar-refractivity contribution in [1.29, 1.82) is 0 Å². The summed E-state index contributed by atoms with van der Waals surface area (Å²) in [6, 6.07) is 6.04. The summed E-state index contributed by atoms with van der Waals surface area (Å²) >= 11 is 7.78. The van der Waals surface area contributed by atoms with E-state index in [0.717, 1.165) is 21.3 Å². The van der Waals surface area contributed by atoms with Gasteiger partial charge in [-0.15, -0.1) is 11.3 Å². The first-order chi connectivity index (χ1) is 6.66. The Kier molecular flexibility index (Phi) is 2.57. The second kappa shape index (κ2) is 3.71. The number of hydrogen-bond acceptors (Lipinski definition) is 2. The van der Waals surface area contributed by atoms with Gasteiger partial charge < -0.3 is 0 Å². The molecule has 2 rings (SSSR count). The van der Waals surface area contributed by atoms with E-state index in [4.69, 9.17) is 11.6 Å². The van der Waals surface area contributed by atoms with Crippen molar-refractivity contribution in [2.45, 2.75) is 13.8 Å². The summed E-state index contributed by atoms with van der Waals surface area (Å²) in [6.07, 6.45) is 0. The van der Waals surface area contributed by atoms with E-state index in [1.807, 2.05) is 31.4 Å². The van der Waals surface area contributed by atoms with Gasteiger partial charge in [0.25, 0.3) is 0 Å². The first kappa shape index (κ1) is 9.69. The predicted octanol–water partition coefficient (Wildman–Crippen LogP) is 4.08. The highest BCUT2D eigenvalue weighted by Crippen LogP contribution is 2.29. The minimum Gasteiger partial charge on any atom is -0.241 e. The van der Waals surface area contributed by atoms with Crippen LogP contribution >= 0.6 is 22.9 Å². The molecule has 3 heteroatoms. The number of hydrogen-bond donors (Lipinski definition) is 0. The maximum absolute atomic E-state index is 6.14. The largest absolute Gasteiger partial charge is 0.241 e. The molecule has 0 fully saturated rings. The van der Waals surface area contributed by atoms with Gasteiger partial charge in [0.2, 0.25) is 0 Å². The van der Waals surface area contributed by atoms with Gasteiger partial charge in [-0.25, -0.2) is 4.98 Å². The Morgan fingerprint density at radius 1 is 1.29 bits per heavy atom. The van der Waals surface area contributed by atoms with Crippen molar-refractivity contribution >= 4 is 22.9 Å². The molecular formula is C11H10ClNS. The second-order valence-corrected chi connectivity index (χ2v) is 4.70. The van der Waals surface area contributed by atoms with Crippen LogP contribution in [0.4, 0.5) is 0 Å². The van der Waals surface area contributed by atoms with Crippen LogP contribution in [0.1, 0.15) is 10.6 Å². The summed E-state index contributed by atoms with van der Waals surface area (Å²) in [5.74, 6) is 0. The van der Waals surface area contributed by atoms with Crippen LogP contribution in [0.15, 0.2) is 23.6 Å². The van der Waals surface area contributed by atoms with Crippen LogP contribution < -0.4 is 0 Å². The lowest BCUT2D eigenvalue weighted by atomic mass is 10.1. The maximum Gasteiger partial charge on any atom is 0.0901 e. The molecular weight excluding hydrogens is 214 g/mol. The zero-order chi connectivity index (χ0) is 10.1. The first-order valence-electron chi connectivity index (χ1n) is 4.35. The Bertz CT molecular complexity index is 462. The lowest BCUT2D eigenvalue weighted by Crippen LogP contribution is -1.81. The second-order valence-electron chi connectivity index (χ2n) is 3.24.